The topological polar surface area (TPSA) is 65.7 Å². The van der Waals surface area contributed by atoms with Crippen LogP contribution in [0, 0.1) is 6.92 Å². The Bertz CT molecular complexity index is 1310. The summed E-state index contributed by atoms with van der Waals surface area (Å²) in [5.74, 6) is 1.11. The number of ether oxygens (including phenoxy) is 2. The number of hydrogen-bond acceptors (Lipinski definition) is 5. The van der Waals surface area contributed by atoms with Crippen LogP contribution in [0.15, 0.2) is 80.4 Å². The fraction of sp³-hybridized carbons (Fsp3) is 0.120. The molecule has 0 N–H and O–H groups in total. The van der Waals surface area contributed by atoms with Crippen molar-refractivity contribution in [3.63, 3.8) is 0 Å². The van der Waals surface area contributed by atoms with Crippen LogP contribution in [0.5, 0.6) is 11.5 Å². The van der Waals surface area contributed by atoms with Crippen LogP contribution < -0.4 is 15.1 Å². The Morgan fingerprint density at radius 3 is 2.32 bits per heavy atom. The molecule has 0 aliphatic heterocycles. The first-order chi connectivity index (χ1) is 15.0. The highest BCUT2D eigenvalue weighted by atomic mass is 79.9. The van der Waals surface area contributed by atoms with Crippen molar-refractivity contribution in [2.24, 2.45) is 0 Å². The molecule has 6 heteroatoms. The van der Waals surface area contributed by atoms with E-state index in [9.17, 15) is 9.59 Å². The van der Waals surface area contributed by atoms with Crippen LogP contribution in [0.1, 0.15) is 15.9 Å². The normalized spacial score (nSPS) is 10.8. The zero-order valence-electron chi connectivity index (χ0n) is 17.0. The van der Waals surface area contributed by atoms with Gasteiger partial charge in [-0.2, -0.15) is 0 Å². The Labute approximate surface area is 187 Å². The van der Waals surface area contributed by atoms with E-state index in [1.165, 1.54) is 0 Å². The maximum Gasteiger partial charge on any atom is 0.344 e. The van der Waals surface area contributed by atoms with Gasteiger partial charge in [0.15, 0.2) is 12.4 Å². The average Bonchev–Trinajstić information content (AvgIpc) is 2.78. The van der Waals surface area contributed by atoms with Gasteiger partial charge in [0, 0.05) is 15.4 Å². The summed E-state index contributed by atoms with van der Waals surface area (Å²) in [6, 6.07) is 19.5. The predicted octanol–water partition coefficient (Wildman–Crippen LogP) is 5.80. The Balaban J connectivity index is 1.64. The molecule has 0 fully saturated rings. The maximum absolute atomic E-state index is 12.6. The summed E-state index contributed by atoms with van der Waals surface area (Å²) in [5.41, 5.74) is 2.64. The van der Waals surface area contributed by atoms with E-state index in [-0.39, 0.29) is 12.4 Å². The van der Waals surface area contributed by atoms with Crippen LogP contribution >= 0.6 is 15.9 Å². The van der Waals surface area contributed by atoms with Gasteiger partial charge in [-0.25, -0.2) is 4.79 Å². The number of benzene rings is 3. The Morgan fingerprint density at radius 1 is 0.968 bits per heavy atom. The summed E-state index contributed by atoms with van der Waals surface area (Å²) < 4.78 is 17.4. The van der Waals surface area contributed by atoms with Gasteiger partial charge in [-0.1, -0.05) is 40.2 Å². The van der Waals surface area contributed by atoms with E-state index in [1.807, 2.05) is 31.2 Å². The summed E-state index contributed by atoms with van der Waals surface area (Å²) in [6.45, 7) is 1.78. The molecule has 31 heavy (non-hydrogen) atoms. The standard InChI is InChI=1S/C25H19BrO5/c1-15-21-13-20(30-14-22(27)16-3-7-18(26)8-4-16)11-12-23(21)31-25(28)24(15)17-5-9-19(29-2)10-6-17/h3-13H,14H2,1-2H3. The van der Waals surface area contributed by atoms with Crippen LogP contribution in [0.2, 0.25) is 0 Å². The second-order valence-corrected chi connectivity index (χ2v) is 7.91. The van der Waals surface area contributed by atoms with Crippen LogP contribution in [-0.4, -0.2) is 19.5 Å². The number of Topliss-reactive ketones (excluding diaryl/α,β-unsaturated/α-hetero) is 1. The first-order valence-corrected chi connectivity index (χ1v) is 10.4. The smallest absolute Gasteiger partial charge is 0.344 e. The van der Waals surface area contributed by atoms with Gasteiger partial charge in [-0.05, 0) is 60.5 Å². The first-order valence-electron chi connectivity index (χ1n) is 9.59. The van der Waals surface area contributed by atoms with Gasteiger partial charge in [0.05, 0.1) is 12.7 Å². The van der Waals surface area contributed by atoms with Crippen molar-refractivity contribution >= 4 is 32.7 Å². The molecule has 1 heterocycles. The molecule has 0 bridgehead atoms. The molecule has 3 aromatic carbocycles. The van der Waals surface area contributed by atoms with Gasteiger partial charge in [0.25, 0.3) is 0 Å². The van der Waals surface area contributed by atoms with Crippen LogP contribution in [-0.2, 0) is 0 Å². The molecule has 156 valence electrons. The van der Waals surface area contributed by atoms with E-state index in [0.717, 1.165) is 21.0 Å². The van der Waals surface area contributed by atoms with Gasteiger partial charge in [0.2, 0.25) is 0 Å². The van der Waals surface area contributed by atoms with E-state index in [1.54, 1.807) is 49.6 Å². The lowest BCUT2D eigenvalue weighted by atomic mass is 9.99. The molecule has 0 aliphatic rings. The number of methoxy groups -OCH3 is 1. The molecule has 0 spiro atoms. The third kappa shape index (κ3) is 4.39. The molecule has 5 nitrogen and oxygen atoms in total. The largest absolute Gasteiger partial charge is 0.497 e. The van der Waals surface area contributed by atoms with Crippen molar-refractivity contribution < 1.29 is 18.7 Å². The van der Waals surface area contributed by atoms with Gasteiger partial charge >= 0.3 is 5.63 Å². The van der Waals surface area contributed by atoms with E-state index in [2.05, 4.69) is 15.9 Å². The zero-order valence-corrected chi connectivity index (χ0v) is 18.6. The third-order valence-electron chi connectivity index (χ3n) is 5.05. The van der Waals surface area contributed by atoms with Crippen molar-refractivity contribution in [3.05, 3.63) is 92.7 Å². The number of halogens is 1. The van der Waals surface area contributed by atoms with Crippen molar-refractivity contribution in [1.29, 1.82) is 0 Å². The minimum atomic E-state index is -0.408. The number of carbonyl (C=O) groups excluding carboxylic acids is 1. The van der Waals surface area contributed by atoms with Crippen molar-refractivity contribution in [3.8, 4) is 22.6 Å². The molecule has 0 atom stereocenters. The van der Waals surface area contributed by atoms with E-state index in [4.69, 9.17) is 13.9 Å². The number of ketones is 1. The average molecular weight is 479 g/mol. The zero-order chi connectivity index (χ0) is 22.0. The van der Waals surface area contributed by atoms with Crippen LogP contribution in [0.4, 0.5) is 0 Å². The Hall–Kier alpha value is -3.38. The molecule has 0 saturated heterocycles. The fourth-order valence-corrected chi connectivity index (χ4v) is 3.64. The van der Waals surface area contributed by atoms with Crippen LogP contribution in [0.25, 0.3) is 22.1 Å². The van der Waals surface area contributed by atoms with Gasteiger partial charge in [-0.15, -0.1) is 0 Å². The number of rotatable bonds is 6. The molecule has 4 aromatic rings. The number of aryl methyl sites for hydroxylation is 1. The van der Waals surface area contributed by atoms with E-state index < -0.39 is 5.63 Å². The minimum absolute atomic E-state index is 0.0890. The van der Waals surface area contributed by atoms with Crippen molar-refractivity contribution in [1.82, 2.24) is 0 Å². The molecule has 1 aromatic heterocycles. The third-order valence-corrected chi connectivity index (χ3v) is 5.58. The summed E-state index contributed by atoms with van der Waals surface area (Å²) in [6.07, 6.45) is 0. The predicted molar refractivity (Wildman–Crippen MR) is 123 cm³/mol. The number of carbonyl (C=O) groups is 1. The molecule has 0 aliphatic carbocycles. The quantitative estimate of drug-likeness (QED) is 0.258. The van der Waals surface area contributed by atoms with Gasteiger partial charge in [-0.3, -0.25) is 4.79 Å². The summed E-state index contributed by atoms with van der Waals surface area (Å²) >= 11 is 3.35. The van der Waals surface area contributed by atoms with E-state index in [0.29, 0.717) is 28.2 Å². The molecule has 0 unspecified atom stereocenters. The lowest BCUT2D eigenvalue weighted by Gasteiger charge is -2.11. The van der Waals surface area contributed by atoms with Crippen molar-refractivity contribution in [2.45, 2.75) is 6.92 Å². The fourth-order valence-electron chi connectivity index (χ4n) is 3.38. The highest BCUT2D eigenvalue weighted by Crippen LogP contribution is 2.30. The minimum Gasteiger partial charge on any atom is -0.497 e. The number of fused-ring (bicyclic) bond motifs is 1. The van der Waals surface area contributed by atoms with Gasteiger partial charge in [0.1, 0.15) is 17.1 Å². The molecular formula is C25H19BrO5. The summed E-state index contributed by atoms with van der Waals surface area (Å²) in [5, 5.41) is 0.749. The lowest BCUT2D eigenvalue weighted by molar-refractivity contribution is 0.0921. The second kappa shape index (κ2) is 8.78. The number of hydrogen-bond donors (Lipinski definition) is 0. The molecule has 4 rings (SSSR count). The highest BCUT2D eigenvalue weighted by molar-refractivity contribution is 9.10. The highest BCUT2D eigenvalue weighted by Gasteiger charge is 2.15. The monoisotopic (exact) mass is 478 g/mol. The summed E-state index contributed by atoms with van der Waals surface area (Å²) in [4.78, 5) is 25.0. The maximum atomic E-state index is 12.6. The SMILES string of the molecule is COc1ccc(-c2c(C)c3cc(OCC(=O)c4ccc(Br)cc4)ccc3oc2=O)cc1. The van der Waals surface area contributed by atoms with E-state index >= 15 is 0 Å². The Kier molecular flexibility index (Phi) is 5.91. The lowest BCUT2D eigenvalue weighted by Crippen LogP contribution is -2.11. The molecule has 0 radical (unpaired) electrons. The molecule has 0 amide bonds. The van der Waals surface area contributed by atoms with Crippen LogP contribution in [0.3, 0.4) is 0 Å². The second-order valence-electron chi connectivity index (χ2n) is 6.99. The molecular weight excluding hydrogens is 460 g/mol. The van der Waals surface area contributed by atoms with Gasteiger partial charge < -0.3 is 13.9 Å². The molecule has 0 saturated carbocycles. The van der Waals surface area contributed by atoms with Crippen molar-refractivity contribution in [2.75, 3.05) is 13.7 Å². The first kappa shape index (κ1) is 20.9. The Morgan fingerprint density at radius 2 is 1.65 bits per heavy atom. The summed E-state index contributed by atoms with van der Waals surface area (Å²) in [7, 11) is 1.59.